The van der Waals surface area contributed by atoms with Crippen LogP contribution in [0.25, 0.3) is 33.3 Å². The zero-order valence-electron chi connectivity index (χ0n) is 17.7. The molecule has 1 aliphatic rings. The molecular formula is C24H27ClN6. The molecule has 0 amide bonds. The zero-order chi connectivity index (χ0) is 21.2. The van der Waals surface area contributed by atoms with Crippen LogP contribution in [0, 0.1) is 0 Å². The van der Waals surface area contributed by atoms with Crippen LogP contribution in [0.5, 0.6) is 0 Å². The third kappa shape index (κ3) is 4.24. The first-order valence-electron chi connectivity index (χ1n) is 10.9. The predicted octanol–water partition coefficient (Wildman–Crippen LogP) is 4.48. The molecule has 0 unspecified atom stereocenters. The van der Waals surface area contributed by atoms with E-state index in [-0.39, 0.29) is 0 Å². The lowest BCUT2D eigenvalue weighted by atomic mass is 10.2. The number of hydrogen-bond acceptors (Lipinski definition) is 5. The zero-order valence-corrected chi connectivity index (χ0v) is 18.5. The molecule has 0 saturated carbocycles. The Morgan fingerprint density at radius 2 is 1.71 bits per heavy atom. The number of rotatable bonds is 6. The number of piperazine rings is 1. The van der Waals surface area contributed by atoms with Crippen molar-refractivity contribution in [3.63, 3.8) is 0 Å². The maximum Gasteiger partial charge on any atom is 0.180 e. The molecule has 0 aliphatic carbocycles. The number of likely N-dealkylation sites (N-methyl/N-ethyl adjacent to an activating group) is 1. The first-order chi connectivity index (χ1) is 15.2. The minimum Gasteiger partial charge on any atom is -0.369 e. The Morgan fingerprint density at radius 3 is 2.52 bits per heavy atom. The quantitative estimate of drug-likeness (QED) is 0.438. The number of nitrogens with zero attached hydrogens (tertiary/aromatic N) is 4. The molecule has 31 heavy (non-hydrogen) atoms. The Kier molecular flexibility index (Phi) is 5.76. The van der Waals surface area contributed by atoms with E-state index in [1.165, 1.54) is 0 Å². The first kappa shape index (κ1) is 20.2. The van der Waals surface area contributed by atoms with Crippen molar-refractivity contribution in [2.24, 2.45) is 0 Å². The topological polar surface area (TPSA) is 60.1 Å². The van der Waals surface area contributed by atoms with Crippen LogP contribution in [-0.2, 0) is 0 Å². The summed E-state index contributed by atoms with van der Waals surface area (Å²) in [4.78, 5) is 18.0. The highest BCUT2D eigenvalue weighted by Crippen LogP contribution is 2.34. The van der Waals surface area contributed by atoms with Gasteiger partial charge >= 0.3 is 0 Å². The predicted molar refractivity (Wildman–Crippen MR) is 129 cm³/mol. The van der Waals surface area contributed by atoms with Crippen molar-refractivity contribution in [2.45, 2.75) is 6.42 Å². The van der Waals surface area contributed by atoms with Crippen LogP contribution in [-0.4, -0.2) is 71.1 Å². The lowest BCUT2D eigenvalue weighted by molar-refractivity contribution is 0.154. The van der Waals surface area contributed by atoms with Crippen LogP contribution in [0.3, 0.4) is 0 Å². The van der Waals surface area contributed by atoms with Crippen LogP contribution in [0.15, 0.2) is 48.5 Å². The fourth-order valence-corrected chi connectivity index (χ4v) is 4.46. The maximum absolute atomic E-state index is 6.68. The van der Waals surface area contributed by atoms with Crippen molar-refractivity contribution in [2.75, 3.05) is 51.6 Å². The fourth-order valence-electron chi connectivity index (χ4n) is 4.17. The molecule has 4 aromatic rings. The second kappa shape index (κ2) is 8.83. The van der Waals surface area contributed by atoms with Gasteiger partial charge in [0.05, 0.1) is 10.5 Å². The summed E-state index contributed by atoms with van der Waals surface area (Å²) in [6, 6.07) is 16.1. The van der Waals surface area contributed by atoms with Gasteiger partial charge in [0.25, 0.3) is 0 Å². The molecule has 5 rings (SSSR count). The highest BCUT2D eigenvalue weighted by molar-refractivity contribution is 6.38. The molecule has 7 heteroatoms. The SMILES string of the molecule is CN1CCN(CCCNc2nc(-c3[nH]c4ccccc4c3Cl)nc3ccccc23)CC1. The van der Waals surface area contributed by atoms with Gasteiger partial charge in [0.15, 0.2) is 5.82 Å². The number of aromatic amines is 1. The fraction of sp³-hybridized carbons (Fsp3) is 0.333. The van der Waals surface area contributed by atoms with Crippen molar-refractivity contribution in [1.29, 1.82) is 0 Å². The van der Waals surface area contributed by atoms with E-state index in [1.54, 1.807) is 0 Å². The average Bonchev–Trinajstić information content (AvgIpc) is 3.14. The molecule has 1 saturated heterocycles. The molecule has 6 nitrogen and oxygen atoms in total. The van der Waals surface area contributed by atoms with E-state index in [1.807, 2.05) is 42.5 Å². The molecule has 0 atom stereocenters. The Bertz CT molecular complexity index is 1200. The summed E-state index contributed by atoms with van der Waals surface area (Å²) in [5.74, 6) is 1.47. The largest absolute Gasteiger partial charge is 0.369 e. The molecule has 0 bridgehead atoms. The van der Waals surface area contributed by atoms with Gasteiger partial charge in [0.2, 0.25) is 0 Å². The Hall–Kier alpha value is -2.67. The molecular weight excluding hydrogens is 408 g/mol. The van der Waals surface area contributed by atoms with Gasteiger partial charge in [-0.05, 0) is 38.2 Å². The van der Waals surface area contributed by atoms with Gasteiger partial charge in [-0.1, -0.05) is 41.9 Å². The van der Waals surface area contributed by atoms with Gasteiger partial charge in [-0.3, -0.25) is 0 Å². The van der Waals surface area contributed by atoms with Gasteiger partial charge in [-0.25, -0.2) is 9.97 Å². The van der Waals surface area contributed by atoms with Gasteiger partial charge < -0.3 is 20.1 Å². The summed E-state index contributed by atoms with van der Waals surface area (Å²) in [6.45, 7) is 6.57. The number of hydrogen-bond donors (Lipinski definition) is 2. The first-order valence-corrected chi connectivity index (χ1v) is 11.2. The van der Waals surface area contributed by atoms with Crippen LogP contribution < -0.4 is 5.32 Å². The van der Waals surface area contributed by atoms with E-state index in [0.29, 0.717) is 10.8 Å². The average molecular weight is 435 g/mol. The minimum atomic E-state index is 0.612. The molecule has 2 aromatic heterocycles. The molecule has 160 valence electrons. The lowest BCUT2D eigenvalue weighted by Gasteiger charge is -2.32. The van der Waals surface area contributed by atoms with Crippen molar-refractivity contribution >= 4 is 39.2 Å². The van der Waals surface area contributed by atoms with Crippen molar-refractivity contribution in [3.8, 4) is 11.5 Å². The smallest absolute Gasteiger partial charge is 0.180 e. The number of aromatic nitrogens is 3. The molecule has 1 aliphatic heterocycles. The van der Waals surface area contributed by atoms with Crippen LogP contribution in [0.1, 0.15) is 6.42 Å². The van der Waals surface area contributed by atoms with E-state index >= 15 is 0 Å². The van der Waals surface area contributed by atoms with Crippen molar-refractivity contribution < 1.29 is 0 Å². The standard InChI is InChI=1S/C24H27ClN6/c1-30-13-15-31(16-14-30)12-6-11-26-23-18-8-3-5-10-20(18)28-24(29-23)22-21(25)17-7-2-4-9-19(17)27-22/h2-5,7-10,27H,6,11-16H2,1H3,(H,26,28,29). The lowest BCUT2D eigenvalue weighted by Crippen LogP contribution is -2.44. The van der Waals surface area contributed by atoms with E-state index in [9.17, 15) is 0 Å². The summed E-state index contributed by atoms with van der Waals surface area (Å²) in [7, 11) is 2.19. The van der Waals surface area contributed by atoms with Crippen LogP contribution >= 0.6 is 11.6 Å². The maximum atomic E-state index is 6.68. The van der Waals surface area contributed by atoms with Crippen LogP contribution in [0.2, 0.25) is 5.02 Å². The number of H-pyrrole nitrogens is 1. The Labute approximate surface area is 187 Å². The van der Waals surface area contributed by atoms with E-state index in [2.05, 4.69) is 33.2 Å². The number of halogens is 1. The molecule has 1 fully saturated rings. The monoisotopic (exact) mass is 434 g/mol. The number of fused-ring (bicyclic) bond motifs is 2. The molecule has 0 radical (unpaired) electrons. The number of anilines is 1. The number of benzene rings is 2. The van der Waals surface area contributed by atoms with Gasteiger partial charge in [-0.15, -0.1) is 0 Å². The summed E-state index contributed by atoms with van der Waals surface area (Å²) in [5.41, 5.74) is 2.65. The second-order valence-electron chi connectivity index (χ2n) is 8.20. The molecule has 3 heterocycles. The Morgan fingerprint density at radius 1 is 0.968 bits per heavy atom. The third-order valence-electron chi connectivity index (χ3n) is 6.01. The van der Waals surface area contributed by atoms with E-state index in [0.717, 1.165) is 79.0 Å². The third-order valence-corrected chi connectivity index (χ3v) is 6.40. The van der Waals surface area contributed by atoms with Gasteiger partial charge in [0.1, 0.15) is 11.5 Å². The summed E-state index contributed by atoms with van der Waals surface area (Å²) >= 11 is 6.68. The summed E-state index contributed by atoms with van der Waals surface area (Å²) in [6.07, 6.45) is 1.07. The Balaban J connectivity index is 1.38. The van der Waals surface area contributed by atoms with Gasteiger partial charge in [0, 0.05) is 49.0 Å². The van der Waals surface area contributed by atoms with Crippen molar-refractivity contribution in [3.05, 3.63) is 53.6 Å². The minimum absolute atomic E-state index is 0.612. The highest BCUT2D eigenvalue weighted by Gasteiger charge is 2.17. The van der Waals surface area contributed by atoms with Crippen molar-refractivity contribution in [1.82, 2.24) is 24.8 Å². The van der Waals surface area contributed by atoms with E-state index < -0.39 is 0 Å². The number of para-hydroxylation sites is 2. The highest BCUT2D eigenvalue weighted by atomic mass is 35.5. The summed E-state index contributed by atoms with van der Waals surface area (Å²) in [5, 5.41) is 6.22. The molecule has 2 aromatic carbocycles. The molecule has 0 spiro atoms. The number of nitrogens with one attached hydrogen (secondary N) is 2. The second-order valence-corrected chi connectivity index (χ2v) is 8.58. The van der Waals surface area contributed by atoms with Gasteiger partial charge in [-0.2, -0.15) is 0 Å². The van der Waals surface area contributed by atoms with Crippen LogP contribution in [0.4, 0.5) is 5.82 Å². The molecule has 2 N–H and O–H groups in total. The normalized spacial score (nSPS) is 15.7. The summed E-state index contributed by atoms with van der Waals surface area (Å²) < 4.78 is 0. The van der Waals surface area contributed by atoms with E-state index in [4.69, 9.17) is 21.6 Å².